The average Bonchev–Trinajstić information content (AvgIpc) is 3.43. The predicted octanol–water partition coefficient (Wildman–Crippen LogP) is 5.84. The molecule has 3 rings (SSSR count). The van der Waals surface area contributed by atoms with Gasteiger partial charge in [-0.2, -0.15) is 13.2 Å². The summed E-state index contributed by atoms with van der Waals surface area (Å²) in [4.78, 5) is 12.7. The van der Waals surface area contributed by atoms with Gasteiger partial charge in [0.15, 0.2) is 0 Å². The second kappa shape index (κ2) is 7.89. The van der Waals surface area contributed by atoms with E-state index in [4.69, 9.17) is 0 Å². The molecule has 0 unspecified atom stereocenters. The van der Waals surface area contributed by atoms with E-state index in [2.05, 4.69) is 5.32 Å². The van der Waals surface area contributed by atoms with E-state index in [9.17, 15) is 26.7 Å². The zero-order valence-electron chi connectivity index (χ0n) is 15.2. The molecule has 0 aliphatic heterocycles. The van der Waals surface area contributed by atoms with Crippen molar-refractivity contribution in [1.29, 1.82) is 0 Å². The van der Waals surface area contributed by atoms with Crippen molar-refractivity contribution in [1.82, 2.24) is 0 Å². The third kappa shape index (κ3) is 4.88. The van der Waals surface area contributed by atoms with Crippen molar-refractivity contribution >= 4 is 11.6 Å². The van der Waals surface area contributed by atoms with Gasteiger partial charge in [0.25, 0.3) is 0 Å². The Morgan fingerprint density at radius 1 is 1.11 bits per heavy atom. The highest BCUT2D eigenvalue weighted by atomic mass is 19.4. The van der Waals surface area contributed by atoms with E-state index in [0.717, 1.165) is 56.0 Å². The monoisotopic (exact) mass is 397 g/mol. The van der Waals surface area contributed by atoms with E-state index in [-0.39, 0.29) is 11.3 Å². The minimum atomic E-state index is -4.65. The van der Waals surface area contributed by atoms with Gasteiger partial charge in [-0.05, 0) is 60.6 Å². The van der Waals surface area contributed by atoms with E-state index >= 15 is 0 Å². The van der Waals surface area contributed by atoms with E-state index in [1.165, 1.54) is 12.1 Å². The zero-order chi connectivity index (χ0) is 20.5. The number of carbonyl (C=O) groups is 1. The normalized spacial score (nSPS) is 16.5. The van der Waals surface area contributed by atoms with Crippen molar-refractivity contribution in [2.24, 2.45) is 11.8 Å². The lowest BCUT2D eigenvalue weighted by molar-refractivity contribution is -0.178. The summed E-state index contributed by atoms with van der Waals surface area (Å²) in [6.07, 6.45) is -1.73. The number of nitrogens with one attached hydrogen (secondary N) is 1. The molecule has 7 heteroatoms. The summed E-state index contributed by atoms with van der Waals surface area (Å²) >= 11 is 0. The number of hydrogen-bond donors (Lipinski definition) is 1. The van der Waals surface area contributed by atoms with Crippen LogP contribution in [0.4, 0.5) is 27.6 Å². The topological polar surface area (TPSA) is 29.1 Å². The Balaban J connectivity index is 1.87. The van der Waals surface area contributed by atoms with Crippen molar-refractivity contribution in [2.45, 2.75) is 38.3 Å². The van der Waals surface area contributed by atoms with E-state index in [1.807, 2.05) is 0 Å². The lowest BCUT2D eigenvalue weighted by Gasteiger charge is -2.26. The van der Waals surface area contributed by atoms with Gasteiger partial charge in [-0.25, -0.2) is 8.78 Å². The van der Waals surface area contributed by atoms with Crippen LogP contribution in [0, 0.1) is 23.5 Å². The number of alkyl halides is 3. The first-order valence-corrected chi connectivity index (χ1v) is 9.06. The third-order valence-corrected chi connectivity index (χ3v) is 5.04. The predicted molar refractivity (Wildman–Crippen MR) is 95.8 cm³/mol. The molecule has 1 amide bonds. The Morgan fingerprint density at radius 3 is 2.32 bits per heavy atom. The molecular weight excluding hydrogens is 377 g/mol. The first-order chi connectivity index (χ1) is 13.1. The Labute approximate surface area is 159 Å². The molecule has 2 atom stereocenters. The fourth-order valence-corrected chi connectivity index (χ4v) is 3.19. The zero-order valence-corrected chi connectivity index (χ0v) is 15.2. The number of hydrogen-bond acceptors (Lipinski definition) is 1. The van der Waals surface area contributed by atoms with Gasteiger partial charge in [0.1, 0.15) is 11.6 Å². The van der Waals surface area contributed by atoms with Crippen LogP contribution in [0.25, 0.3) is 0 Å². The van der Waals surface area contributed by atoms with Gasteiger partial charge in [0, 0.05) is 0 Å². The molecule has 0 heterocycles. The van der Waals surface area contributed by atoms with Crippen molar-refractivity contribution < 1.29 is 26.7 Å². The molecule has 0 spiro atoms. The molecule has 2 aromatic rings. The maximum atomic E-state index is 14.2. The maximum Gasteiger partial charge on any atom is 0.392 e. The molecule has 1 fully saturated rings. The first-order valence-electron chi connectivity index (χ1n) is 9.06. The number of benzene rings is 2. The van der Waals surface area contributed by atoms with Gasteiger partial charge in [-0.3, -0.25) is 4.79 Å². The standard InChI is InChI=1S/C21H20F5NO/c1-12(21(24,25)26)19(15-5-7-16(22)8-6-15)20(28)27-18-11-14(4-9-17(18)23)10-13-2-3-13/h4-9,11-13,19H,2-3,10H2,1H3,(H,27,28)/t12-,19+/m1/s1. The van der Waals surface area contributed by atoms with Crippen LogP contribution >= 0.6 is 0 Å². The Kier molecular flexibility index (Phi) is 5.72. The molecule has 0 bridgehead atoms. The van der Waals surface area contributed by atoms with E-state index < -0.39 is 35.6 Å². The largest absolute Gasteiger partial charge is 0.392 e. The van der Waals surface area contributed by atoms with Gasteiger partial charge in [-0.15, -0.1) is 0 Å². The van der Waals surface area contributed by atoms with Crippen molar-refractivity contribution in [2.75, 3.05) is 5.32 Å². The van der Waals surface area contributed by atoms with Crippen LogP contribution in [-0.4, -0.2) is 12.1 Å². The molecule has 1 N–H and O–H groups in total. The molecule has 2 aromatic carbocycles. The van der Waals surface area contributed by atoms with Crippen LogP contribution < -0.4 is 5.32 Å². The third-order valence-electron chi connectivity index (χ3n) is 5.04. The van der Waals surface area contributed by atoms with Crippen LogP contribution in [0.2, 0.25) is 0 Å². The minimum Gasteiger partial charge on any atom is -0.323 e. The summed E-state index contributed by atoms with van der Waals surface area (Å²) in [7, 11) is 0. The molecular formula is C21H20F5NO. The van der Waals surface area contributed by atoms with Gasteiger partial charge < -0.3 is 5.32 Å². The molecule has 0 saturated heterocycles. The van der Waals surface area contributed by atoms with Gasteiger partial charge in [0.05, 0.1) is 17.5 Å². The Bertz CT molecular complexity index is 843. The summed E-state index contributed by atoms with van der Waals surface area (Å²) < 4.78 is 67.3. The molecule has 0 aromatic heterocycles. The molecule has 150 valence electrons. The maximum absolute atomic E-state index is 14.2. The number of carbonyl (C=O) groups excluding carboxylic acids is 1. The summed E-state index contributed by atoms with van der Waals surface area (Å²) in [6, 6.07) is 8.55. The van der Waals surface area contributed by atoms with Crippen molar-refractivity contribution in [3.05, 3.63) is 65.2 Å². The van der Waals surface area contributed by atoms with Crippen LogP contribution in [0.5, 0.6) is 0 Å². The molecule has 28 heavy (non-hydrogen) atoms. The van der Waals surface area contributed by atoms with Crippen molar-refractivity contribution in [3.63, 3.8) is 0 Å². The summed E-state index contributed by atoms with van der Waals surface area (Å²) in [5.41, 5.74) is 0.685. The molecule has 1 aliphatic rings. The number of anilines is 1. The molecule has 2 nitrogen and oxygen atoms in total. The lowest BCUT2D eigenvalue weighted by atomic mass is 9.85. The Hall–Kier alpha value is -2.44. The van der Waals surface area contributed by atoms with Gasteiger partial charge in [-0.1, -0.05) is 25.1 Å². The second-order valence-electron chi connectivity index (χ2n) is 7.31. The fourth-order valence-electron chi connectivity index (χ4n) is 3.19. The molecule has 0 radical (unpaired) electrons. The number of halogens is 5. The summed E-state index contributed by atoms with van der Waals surface area (Å²) in [5.74, 6) is -5.46. The van der Waals surface area contributed by atoms with E-state index in [1.54, 1.807) is 6.07 Å². The van der Waals surface area contributed by atoms with E-state index in [0.29, 0.717) is 5.92 Å². The smallest absolute Gasteiger partial charge is 0.323 e. The Morgan fingerprint density at radius 2 is 1.75 bits per heavy atom. The second-order valence-corrected chi connectivity index (χ2v) is 7.31. The highest BCUT2D eigenvalue weighted by Crippen LogP contribution is 2.38. The number of rotatable bonds is 6. The van der Waals surface area contributed by atoms with Crippen molar-refractivity contribution in [3.8, 4) is 0 Å². The SMILES string of the molecule is C[C@H]([C@H](C(=O)Nc1cc(CC2CC2)ccc1F)c1ccc(F)cc1)C(F)(F)F. The van der Waals surface area contributed by atoms with Gasteiger partial charge >= 0.3 is 6.18 Å². The summed E-state index contributed by atoms with van der Waals surface area (Å²) in [6.45, 7) is 0.882. The minimum absolute atomic E-state index is 0.0123. The molecule has 1 aliphatic carbocycles. The van der Waals surface area contributed by atoms with Crippen LogP contribution in [-0.2, 0) is 11.2 Å². The van der Waals surface area contributed by atoms with Gasteiger partial charge in [0.2, 0.25) is 5.91 Å². The highest BCUT2D eigenvalue weighted by molar-refractivity contribution is 5.96. The molecule has 1 saturated carbocycles. The van der Waals surface area contributed by atoms with Crippen LogP contribution in [0.1, 0.15) is 36.8 Å². The first kappa shape index (κ1) is 20.3. The quantitative estimate of drug-likeness (QED) is 0.610. The lowest BCUT2D eigenvalue weighted by Crippen LogP contribution is -2.34. The highest BCUT2D eigenvalue weighted by Gasteiger charge is 2.45. The average molecular weight is 397 g/mol. The summed E-state index contributed by atoms with van der Waals surface area (Å²) in [5, 5.41) is 2.30. The van der Waals surface area contributed by atoms with Crippen LogP contribution in [0.3, 0.4) is 0 Å². The fraction of sp³-hybridized carbons (Fsp3) is 0.381. The number of amides is 1. The van der Waals surface area contributed by atoms with Crippen LogP contribution in [0.15, 0.2) is 42.5 Å².